The Balaban J connectivity index is 1.90. The number of piperidine rings is 1. The minimum absolute atomic E-state index is 0.0835. The number of methoxy groups -OCH3 is 1. The smallest absolute Gasteiger partial charge is 0.223 e. The van der Waals surface area contributed by atoms with Gasteiger partial charge in [-0.25, -0.2) is 0 Å². The molecule has 0 bridgehead atoms. The fourth-order valence-corrected chi connectivity index (χ4v) is 2.87. The van der Waals surface area contributed by atoms with E-state index in [-0.39, 0.29) is 23.7 Å². The second-order valence-electron chi connectivity index (χ2n) is 5.94. The summed E-state index contributed by atoms with van der Waals surface area (Å²) in [5.74, 6) is 0.741. The molecule has 1 unspecified atom stereocenters. The predicted octanol–water partition coefficient (Wildman–Crippen LogP) is 1.91. The summed E-state index contributed by atoms with van der Waals surface area (Å²) in [6.07, 6.45) is 1.82. The van der Waals surface area contributed by atoms with Crippen LogP contribution in [0.3, 0.4) is 0 Å². The van der Waals surface area contributed by atoms with Crippen LogP contribution in [0.2, 0.25) is 0 Å². The van der Waals surface area contributed by atoms with Crippen LogP contribution in [0.25, 0.3) is 0 Å². The average molecular weight is 304 g/mol. The van der Waals surface area contributed by atoms with E-state index < -0.39 is 0 Å². The van der Waals surface area contributed by atoms with Crippen molar-refractivity contribution in [1.82, 2.24) is 4.90 Å². The van der Waals surface area contributed by atoms with Gasteiger partial charge in [0.15, 0.2) is 0 Å². The van der Waals surface area contributed by atoms with E-state index in [1.165, 1.54) is 0 Å². The van der Waals surface area contributed by atoms with Gasteiger partial charge in [0.05, 0.1) is 7.11 Å². The van der Waals surface area contributed by atoms with Gasteiger partial charge in [0, 0.05) is 25.4 Å². The molecule has 1 heterocycles. The molecule has 5 heteroatoms. The molecule has 1 aliphatic rings. The van der Waals surface area contributed by atoms with Crippen molar-refractivity contribution >= 4 is 11.8 Å². The maximum atomic E-state index is 12.4. The monoisotopic (exact) mass is 304 g/mol. The Kier molecular flexibility index (Phi) is 5.41. The van der Waals surface area contributed by atoms with Crippen molar-refractivity contribution in [2.24, 2.45) is 11.7 Å². The lowest BCUT2D eigenvalue weighted by Gasteiger charge is -2.31. The highest BCUT2D eigenvalue weighted by molar-refractivity contribution is 5.79. The molecule has 0 aromatic heterocycles. The third kappa shape index (κ3) is 4.00. The van der Waals surface area contributed by atoms with Crippen molar-refractivity contribution in [2.75, 3.05) is 20.2 Å². The number of carbonyl (C=O) groups is 2. The largest absolute Gasteiger partial charge is 0.497 e. The summed E-state index contributed by atoms with van der Waals surface area (Å²) in [7, 11) is 1.64. The van der Waals surface area contributed by atoms with Crippen LogP contribution in [-0.4, -0.2) is 36.9 Å². The normalized spacial score (nSPS) is 17.1. The van der Waals surface area contributed by atoms with E-state index in [1.54, 1.807) is 7.11 Å². The topological polar surface area (TPSA) is 72.6 Å². The van der Waals surface area contributed by atoms with Crippen LogP contribution in [-0.2, 0) is 9.59 Å². The number of benzene rings is 1. The van der Waals surface area contributed by atoms with Crippen LogP contribution in [0.5, 0.6) is 5.75 Å². The molecule has 2 N–H and O–H groups in total. The molecule has 1 aliphatic heterocycles. The third-order valence-corrected chi connectivity index (χ3v) is 4.39. The zero-order valence-electron chi connectivity index (χ0n) is 13.2. The van der Waals surface area contributed by atoms with E-state index in [9.17, 15) is 9.59 Å². The van der Waals surface area contributed by atoms with Gasteiger partial charge in [0.2, 0.25) is 11.8 Å². The third-order valence-electron chi connectivity index (χ3n) is 4.39. The zero-order chi connectivity index (χ0) is 16.1. The van der Waals surface area contributed by atoms with Crippen LogP contribution in [0.15, 0.2) is 24.3 Å². The second kappa shape index (κ2) is 7.29. The molecule has 1 saturated heterocycles. The van der Waals surface area contributed by atoms with E-state index in [2.05, 4.69) is 0 Å². The molecule has 2 amide bonds. The Morgan fingerprint density at radius 1 is 1.36 bits per heavy atom. The molecule has 120 valence electrons. The summed E-state index contributed by atoms with van der Waals surface area (Å²) >= 11 is 0. The first kappa shape index (κ1) is 16.3. The van der Waals surface area contributed by atoms with Crippen molar-refractivity contribution in [1.29, 1.82) is 0 Å². The Labute approximate surface area is 131 Å². The molecule has 1 fully saturated rings. The number of likely N-dealkylation sites (tertiary alicyclic amines) is 1. The molecule has 5 nitrogen and oxygen atoms in total. The predicted molar refractivity (Wildman–Crippen MR) is 84.5 cm³/mol. The van der Waals surface area contributed by atoms with Crippen LogP contribution in [0.4, 0.5) is 0 Å². The number of nitrogens with zero attached hydrogens (tertiary/aromatic N) is 1. The summed E-state index contributed by atoms with van der Waals surface area (Å²) < 4.78 is 5.22. The number of amides is 2. The van der Waals surface area contributed by atoms with Crippen LogP contribution >= 0.6 is 0 Å². The number of hydrogen-bond acceptors (Lipinski definition) is 3. The van der Waals surface area contributed by atoms with E-state index >= 15 is 0 Å². The number of ether oxygens (including phenoxy) is 1. The first-order valence-corrected chi connectivity index (χ1v) is 7.72. The molecule has 0 spiro atoms. The molecular formula is C17H24N2O3. The molecular weight excluding hydrogens is 280 g/mol. The van der Waals surface area contributed by atoms with Gasteiger partial charge in [-0.15, -0.1) is 0 Å². The Bertz CT molecular complexity index is 536. The molecule has 1 aromatic rings. The summed E-state index contributed by atoms with van der Waals surface area (Å²) in [4.78, 5) is 25.4. The molecule has 0 saturated carbocycles. The quantitative estimate of drug-likeness (QED) is 0.903. The Morgan fingerprint density at radius 3 is 2.64 bits per heavy atom. The van der Waals surface area contributed by atoms with Gasteiger partial charge in [0.1, 0.15) is 5.75 Å². The van der Waals surface area contributed by atoms with E-state index in [4.69, 9.17) is 10.5 Å². The molecule has 0 radical (unpaired) electrons. The summed E-state index contributed by atoms with van der Waals surface area (Å²) in [5, 5.41) is 0. The number of rotatable bonds is 5. The van der Waals surface area contributed by atoms with Gasteiger partial charge in [-0.05, 0) is 36.5 Å². The lowest BCUT2D eigenvalue weighted by atomic mass is 9.94. The van der Waals surface area contributed by atoms with E-state index in [1.807, 2.05) is 36.1 Å². The van der Waals surface area contributed by atoms with Crippen LogP contribution in [0, 0.1) is 5.92 Å². The SMILES string of the molecule is COc1cccc(C(C)CC(=O)N2CCC(C(N)=O)CC2)c1. The number of carbonyl (C=O) groups excluding carboxylic acids is 2. The minimum Gasteiger partial charge on any atom is -0.497 e. The van der Waals surface area contributed by atoms with Crippen molar-refractivity contribution in [3.05, 3.63) is 29.8 Å². The molecule has 2 rings (SSSR count). The standard InChI is InChI=1S/C17H24N2O3/c1-12(14-4-3-5-15(11-14)22-2)10-16(20)19-8-6-13(7-9-19)17(18)21/h3-5,11-13H,6-10H2,1-2H3,(H2,18,21). The molecule has 1 atom stereocenters. The fourth-order valence-electron chi connectivity index (χ4n) is 2.87. The van der Waals surface area contributed by atoms with Crippen molar-refractivity contribution in [3.8, 4) is 5.75 Å². The number of primary amides is 1. The lowest BCUT2D eigenvalue weighted by molar-refractivity contribution is -0.135. The van der Waals surface area contributed by atoms with Gasteiger partial charge in [-0.1, -0.05) is 19.1 Å². The van der Waals surface area contributed by atoms with Crippen molar-refractivity contribution in [3.63, 3.8) is 0 Å². The second-order valence-corrected chi connectivity index (χ2v) is 5.94. The van der Waals surface area contributed by atoms with E-state index in [0.29, 0.717) is 32.4 Å². The first-order valence-electron chi connectivity index (χ1n) is 7.72. The first-order chi connectivity index (χ1) is 10.5. The zero-order valence-corrected chi connectivity index (χ0v) is 13.2. The minimum atomic E-state index is -0.253. The van der Waals surface area contributed by atoms with Crippen LogP contribution in [0.1, 0.15) is 37.7 Å². The number of hydrogen-bond donors (Lipinski definition) is 1. The highest BCUT2D eigenvalue weighted by atomic mass is 16.5. The Morgan fingerprint density at radius 2 is 2.05 bits per heavy atom. The van der Waals surface area contributed by atoms with Crippen molar-refractivity contribution in [2.45, 2.75) is 32.1 Å². The Hall–Kier alpha value is -2.04. The van der Waals surface area contributed by atoms with Crippen molar-refractivity contribution < 1.29 is 14.3 Å². The van der Waals surface area contributed by atoms with Gasteiger partial charge in [-0.2, -0.15) is 0 Å². The highest BCUT2D eigenvalue weighted by Crippen LogP contribution is 2.25. The lowest BCUT2D eigenvalue weighted by Crippen LogP contribution is -2.42. The van der Waals surface area contributed by atoms with Gasteiger partial charge in [0.25, 0.3) is 0 Å². The highest BCUT2D eigenvalue weighted by Gasteiger charge is 2.26. The number of nitrogens with two attached hydrogens (primary N) is 1. The maximum Gasteiger partial charge on any atom is 0.223 e. The maximum absolute atomic E-state index is 12.4. The molecule has 0 aliphatic carbocycles. The fraction of sp³-hybridized carbons (Fsp3) is 0.529. The molecule has 22 heavy (non-hydrogen) atoms. The van der Waals surface area contributed by atoms with Crippen LogP contribution < -0.4 is 10.5 Å². The van der Waals surface area contributed by atoms with Gasteiger partial charge >= 0.3 is 0 Å². The van der Waals surface area contributed by atoms with E-state index in [0.717, 1.165) is 11.3 Å². The van der Waals surface area contributed by atoms with Gasteiger partial charge in [-0.3, -0.25) is 9.59 Å². The summed E-state index contributed by atoms with van der Waals surface area (Å²) in [6.45, 7) is 3.29. The summed E-state index contributed by atoms with van der Waals surface area (Å²) in [5.41, 5.74) is 6.42. The van der Waals surface area contributed by atoms with Gasteiger partial charge < -0.3 is 15.4 Å². The molecule has 1 aromatic carbocycles. The summed E-state index contributed by atoms with van der Waals surface area (Å²) in [6, 6.07) is 7.82. The average Bonchev–Trinajstić information content (AvgIpc) is 2.54.